The zero-order chi connectivity index (χ0) is 13.7. The fourth-order valence-electron chi connectivity index (χ4n) is 1.46. The van der Waals surface area contributed by atoms with Gasteiger partial charge < -0.3 is 5.11 Å². The number of aliphatic carboxylic acids is 1. The number of nitrogens with zero attached hydrogens (tertiary/aromatic N) is 1. The molecule has 0 saturated heterocycles. The van der Waals surface area contributed by atoms with Gasteiger partial charge in [-0.3, -0.25) is 4.79 Å². The van der Waals surface area contributed by atoms with E-state index in [0.29, 0.717) is 5.69 Å². The van der Waals surface area contributed by atoms with E-state index in [9.17, 15) is 4.79 Å². The Morgan fingerprint density at radius 3 is 2.74 bits per heavy atom. The SMILES string of the molecule is CSc1ccc(CSc2nc(CC(=O)O)cs2)cc1. The zero-order valence-electron chi connectivity index (χ0n) is 10.3. The van der Waals surface area contributed by atoms with Crippen LogP contribution in [-0.4, -0.2) is 22.3 Å². The molecular formula is C13H13NO2S3. The molecule has 2 rings (SSSR count). The van der Waals surface area contributed by atoms with Crippen LogP contribution in [0, 0.1) is 0 Å². The summed E-state index contributed by atoms with van der Waals surface area (Å²) in [5.41, 5.74) is 1.88. The molecule has 0 fully saturated rings. The van der Waals surface area contributed by atoms with Crippen LogP contribution in [0.15, 0.2) is 38.9 Å². The number of rotatable bonds is 6. The van der Waals surface area contributed by atoms with Gasteiger partial charge in [-0.05, 0) is 24.0 Å². The predicted octanol–water partition coefficient (Wildman–Crippen LogP) is 3.78. The summed E-state index contributed by atoms with van der Waals surface area (Å²) in [6.45, 7) is 0. The van der Waals surface area contributed by atoms with E-state index in [2.05, 4.69) is 35.5 Å². The first-order valence-electron chi connectivity index (χ1n) is 5.59. The molecule has 0 saturated carbocycles. The van der Waals surface area contributed by atoms with Gasteiger partial charge in [0.2, 0.25) is 0 Å². The van der Waals surface area contributed by atoms with E-state index in [4.69, 9.17) is 5.11 Å². The summed E-state index contributed by atoms with van der Waals surface area (Å²) >= 11 is 4.87. The Balaban J connectivity index is 1.90. The monoisotopic (exact) mass is 311 g/mol. The molecule has 3 nitrogen and oxygen atoms in total. The molecule has 2 aromatic rings. The van der Waals surface area contributed by atoms with Gasteiger partial charge in [-0.25, -0.2) is 4.98 Å². The third-order valence-electron chi connectivity index (χ3n) is 2.38. The Labute approximate surface area is 124 Å². The third-order valence-corrected chi connectivity index (χ3v) is 5.27. The number of hydrogen-bond donors (Lipinski definition) is 1. The van der Waals surface area contributed by atoms with Crippen molar-refractivity contribution < 1.29 is 9.90 Å². The van der Waals surface area contributed by atoms with E-state index in [1.807, 2.05) is 5.38 Å². The quantitative estimate of drug-likeness (QED) is 0.823. The molecule has 0 aliphatic rings. The summed E-state index contributed by atoms with van der Waals surface area (Å²) in [7, 11) is 0. The maximum Gasteiger partial charge on any atom is 0.309 e. The van der Waals surface area contributed by atoms with E-state index < -0.39 is 5.97 Å². The molecular weight excluding hydrogens is 298 g/mol. The summed E-state index contributed by atoms with van der Waals surface area (Å²) in [6, 6.07) is 8.45. The number of carboxylic acids is 1. The van der Waals surface area contributed by atoms with Crippen molar-refractivity contribution in [2.45, 2.75) is 21.4 Å². The number of hydrogen-bond acceptors (Lipinski definition) is 5. The second kappa shape index (κ2) is 6.98. The Morgan fingerprint density at radius 1 is 1.37 bits per heavy atom. The van der Waals surface area contributed by atoms with E-state index >= 15 is 0 Å². The normalized spacial score (nSPS) is 10.6. The van der Waals surface area contributed by atoms with E-state index in [1.54, 1.807) is 23.5 Å². The molecule has 6 heteroatoms. The highest BCUT2D eigenvalue weighted by Gasteiger charge is 2.06. The minimum atomic E-state index is -0.838. The maximum absolute atomic E-state index is 10.6. The molecule has 1 heterocycles. The standard InChI is InChI=1S/C13H13NO2S3/c1-17-11-4-2-9(3-5-11)7-18-13-14-10(8-19-13)6-12(15)16/h2-5,8H,6-7H2,1H3,(H,15,16). The van der Waals surface area contributed by atoms with Crippen LogP contribution in [0.5, 0.6) is 0 Å². The van der Waals surface area contributed by atoms with Crippen molar-refractivity contribution in [3.05, 3.63) is 40.9 Å². The van der Waals surface area contributed by atoms with Crippen LogP contribution in [0.25, 0.3) is 0 Å². The molecule has 1 N–H and O–H groups in total. The minimum Gasteiger partial charge on any atom is -0.481 e. The van der Waals surface area contributed by atoms with Gasteiger partial charge in [-0.2, -0.15) is 0 Å². The lowest BCUT2D eigenvalue weighted by Crippen LogP contribution is -1.99. The zero-order valence-corrected chi connectivity index (χ0v) is 12.8. The van der Waals surface area contributed by atoms with E-state index in [0.717, 1.165) is 10.1 Å². The molecule has 0 unspecified atom stereocenters. The summed E-state index contributed by atoms with van der Waals surface area (Å²) in [5, 5.41) is 10.5. The lowest BCUT2D eigenvalue weighted by molar-refractivity contribution is -0.136. The first kappa shape index (κ1) is 14.4. The van der Waals surface area contributed by atoms with Crippen LogP contribution in [0.2, 0.25) is 0 Å². The van der Waals surface area contributed by atoms with Gasteiger partial charge in [0.25, 0.3) is 0 Å². The summed E-state index contributed by atoms with van der Waals surface area (Å²) in [6.07, 6.45) is 2.06. The Kier molecular flexibility index (Phi) is 5.30. The van der Waals surface area contributed by atoms with Gasteiger partial charge in [0.1, 0.15) is 4.34 Å². The highest BCUT2D eigenvalue weighted by atomic mass is 32.2. The van der Waals surface area contributed by atoms with Gasteiger partial charge in [-0.15, -0.1) is 23.1 Å². The first-order chi connectivity index (χ1) is 9.17. The molecule has 19 heavy (non-hydrogen) atoms. The highest BCUT2D eigenvalue weighted by Crippen LogP contribution is 2.27. The number of thioether (sulfide) groups is 2. The van der Waals surface area contributed by atoms with Gasteiger partial charge in [0.15, 0.2) is 0 Å². The fraction of sp³-hybridized carbons (Fsp3) is 0.231. The van der Waals surface area contributed by atoms with Crippen molar-refractivity contribution >= 4 is 40.8 Å². The predicted molar refractivity (Wildman–Crippen MR) is 81.2 cm³/mol. The van der Waals surface area contributed by atoms with Crippen molar-refractivity contribution in [2.75, 3.05) is 6.26 Å². The molecule has 1 aromatic heterocycles. The Bertz CT molecular complexity index is 551. The molecule has 0 spiro atoms. The smallest absolute Gasteiger partial charge is 0.309 e. The highest BCUT2D eigenvalue weighted by molar-refractivity contribution is 8.00. The number of benzene rings is 1. The summed E-state index contributed by atoms with van der Waals surface area (Å²) in [5.74, 6) is 0.0174. The van der Waals surface area contributed by atoms with Gasteiger partial charge in [0.05, 0.1) is 12.1 Å². The van der Waals surface area contributed by atoms with Crippen LogP contribution in [0.4, 0.5) is 0 Å². The van der Waals surface area contributed by atoms with Crippen LogP contribution >= 0.6 is 34.9 Å². The lowest BCUT2D eigenvalue weighted by Gasteiger charge is -2.00. The third kappa shape index (κ3) is 4.56. The molecule has 0 aliphatic heterocycles. The Morgan fingerprint density at radius 2 is 2.11 bits per heavy atom. The molecule has 0 atom stereocenters. The second-order valence-corrected chi connectivity index (χ2v) is 6.77. The van der Waals surface area contributed by atoms with E-state index in [1.165, 1.54) is 21.8 Å². The molecule has 0 bridgehead atoms. The van der Waals surface area contributed by atoms with Gasteiger partial charge in [-0.1, -0.05) is 23.9 Å². The molecule has 1 aromatic carbocycles. The van der Waals surface area contributed by atoms with Crippen molar-refractivity contribution in [1.29, 1.82) is 0 Å². The number of thiazole rings is 1. The second-order valence-electron chi connectivity index (χ2n) is 3.81. The van der Waals surface area contributed by atoms with Gasteiger partial charge >= 0.3 is 5.97 Å². The van der Waals surface area contributed by atoms with Crippen molar-refractivity contribution in [3.8, 4) is 0 Å². The molecule has 0 aliphatic carbocycles. The Hall–Kier alpha value is -0.980. The molecule has 0 radical (unpaired) electrons. The number of carboxylic acid groups (broad SMARTS) is 1. The average molecular weight is 311 g/mol. The number of aromatic nitrogens is 1. The summed E-state index contributed by atoms with van der Waals surface area (Å²) in [4.78, 5) is 16.1. The van der Waals surface area contributed by atoms with Crippen LogP contribution in [0.1, 0.15) is 11.3 Å². The van der Waals surface area contributed by atoms with Crippen molar-refractivity contribution in [2.24, 2.45) is 0 Å². The molecule has 0 amide bonds. The minimum absolute atomic E-state index is 0.000516. The van der Waals surface area contributed by atoms with E-state index in [-0.39, 0.29) is 6.42 Å². The lowest BCUT2D eigenvalue weighted by atomic mass is 10.2. The number of carbonyl (C=O) groups is 1. The first-order valence-corrected chi connectivity index (χ1v) is 8.68. The average Bonchev–Trinajstić information content (AvgIpc) is 2.84. The fourth-order valence-corrected chi connectivity index (χ4v) is 3.67. The van der Waals surface area contributed by atoms with Crippen LogP contribution < -0.4 is 0 Å². The molecule has 100 valence electrons. The topological polar surface area (TPSA) is 50.2 Å². The largest absolute Gasteiger partial charge is 0.481 e. The van der Waals surface area contributed by atoms with Crippen molar-refractivity contribution in [1.82, 2.24) is 4.98 Å². The van der Waals surface area contributed by atoms with Crippen LogP contribution in [-0.2, 0) is 17.0 Å². The summed E-state index contributed by atoms with van der Waals surface area (Å²) < 4.78 is 0.921. The maximum atomic E-state index is 10.6. The van der Waals surface area contributed by atoms with Crippen molar-refractivity contribution in [3.63, 3.8) is 0 Å². The van der Waals surface area contributed by atoms with Crippen LogP contribution in [0.3, 0.4) is 0 Å². The van der Waals surface area contributed by atoms with Gasteiger partial charge in [0, 0.05) is 16.0 Å².